The van der Waals surface area contributed by atoms with Gasteiger partial charge in [-0.05, 0) is 44.7 Å². The highest BCUT2D eigenvalue weighted by atomic mass is 15.2. The first-order valence-electron chi connectivity index (χ1n) is 6.53. The predicted molar refractivity (Wildman–Crippen MR) is 72.3 cm³/mol. The van der Waals surface area contributed by atoms with Gasteiger partial charge in [-0.15, -0.1) is 0 Å². The van der Waals surface area contributed by atoms with Gasteiger partial charge >= 0.3 is 0 Å². The largest absolute Gasteiger partial charge is 0.349 e. The Kier molecular flexibility index (Phi) is 3.83. The average Bonchev–Trinajstić information content (AvgIpc) is 2.38. The van der Waals surface area contributed by atoms with Gasteiger partial charge in [-0.3, -0.25) is 0 Å². The Morgan fingerprint density at radius 3 is 3.00 bits per heavy atom. The van der Waals surface area contributed by atoms with E-state index in [1.807, 2.05) is 13.0 Å². The van der Waals surface area contributed by atoms with Crippen LogP contribution in [0, 0.1) is 18.3 Å². The third-order valence-corrected chi connectivity index (χ3v) is 3.80. The lowest BCUT2D eigenvalue weighted by Crippen LogP contribution is -2.49. The summed E-state index contributed by atoms with van der Waals surface area (Å²) in [6, 6.07) is 4.86. The Morgan fingerprint density at radius 2 is 2.33 bits per heavy atom. The highest BCUT2D eigenvalue weighted by Gasteiger charge is 2.29. The van der Waals surface area contributed by atoms with Crippen LogP contribution in [0.1, 0.15) is 37.3 Å². The van der Waals surface area contributed by atoms with Gasteiger partial charge in [-0.2, -0.15) is 5.26 Å². The summed E-state index contributed by atoms with van der Waals surface area (Å²) in [4.78, 5) is 6.68. The Labute approximate surface area is 108 Å². The molecule has 4 heteroatoms. The van der Waals surface area contributed by atoms with E-state index in [9.17, 15) is 5.26 Å². The summed E-state index contributed by atoms with van der Waals surface area (Å²) < 4.78 is 0. The van der Waals surface area contributed by atoms with Crippen molar-refractivity contribution in [2.45, 2.75) is 45.2 Å². The van der Waals surface area contributed by atoms with Crippen LogP contribution in [0.15, 0.2) is 12.3 Å². The Bertz CT molecular complexity index is 463. The fraction of sp³-hybridized carbons (Fsp3) is 0.571. The topological polar surface area (TPSA) is 65.9 Å². The predicted octanol–water partition coefficient (Wildman–Crippen LogP) is 1.97. The number of nitrogens with two attached hydrogens (primary N) is 1. The van der Waals surface area contributed by atoms with Gasteiger partial charge in [-0.25, -0.2) is 4.98 Å². The molecule has 96 valence electrons. The van der Waals surface area contributed by atoms with E-state index in [-0.39, 0.29) is 0 Å². The number of anilines is 1. The first kappa shape index (κ1) is 12.8. The van der Waals surface area contributed by atoms with Gasteiger partial charge in [0.05, 0.1) is 5.56 Å². The third kappa shape index (κ3) is 2.19. The number of rotatable bonds is 2. The van der Waals surface area contributed by atoms with Crippen LogP contribution in [0.5, 0.6) is 0 Å². The van der Waals surface area contributed by atoms with Gasteiger partial charge in [0, 0.05) is 24.8 Å². The highest BCUT2D eigenvalue weighted by molar-refractivity contribution is 5.58. The van der Waals surface area contributed by atoms with Gasteiger partial charge in [0.25, 0.3) is 0 Å². The first-order chi connectivity index (χ1) is 8.69. The van der Waals surface area contributed by atoms with Gasteiger partial charge in [0.1, 0.15) is 11.9 Å². The van der Waals surface area contributed by atoms with Crippen molar-refractivity contribution < 1.29 is 0 Å². The zero-order chi connectivity index (χ0) is 13.1. The molecular formula is C14H20N4. The van der Waals surface area contributed by atoms with Crippen molar-refractivity contribution in [3.8, 4) is 6.07 Å². The van der Waals surface area contributed by atoms with Crippen molar-refractivity contribution in [1.29, 1.82) is 5.26 Å². The molecule has 1 aliphatic heterocycles. The number of aromatic nitrogens is 1. The maximum absolute atomic E-state index is 9.33. The average molecular weight is 244 g/mol. The molecule has 2 atom stereocenters. The summed E-state index contributed by atoms with van der Waals surface area (Å²) in [6.45, 7) is 4.76. The molecule has 0 bridgehead atoms. The number of piperidine rings is 1. The molecule has 1 aromatic heterocycles. The lowest BCUT2D eigenvalue weighted by Gasteiger charge is -2.41. The van der Waals surface area contributed by atoms with E-state index in [1.54, 1.807) is 6.20 Å². The molecule has 1 fully saturated rings. The molecule has 1 aliphatic rings. The molecule has 4 nitrogen and oxygen atoms in total. The summed E-state index contributed by atoms with van der Waals surface area (Å²) in [6.07, 6.45) is 5.20. The summed E-state index contributed by atoms with van der Waals surface area (Å²) in [7, 11) is 0. The van der Waals surface area contributed by atoms with Gasteiger partial charge in [0.15, 0.2) is 0 Å². The fourth-order valence-corrected chi connectivity index (χ4v) is 2.78. The second-order valence-corrected chi connectivity index (χ2v) is 5.01. The molecular weight excluding hydrogens is 224 g/mol. The van der Waals surface area contributed by atoms with E-state index in [0.29, 0.717) is 24.2 Å². The van der Waals surface area contributed by atoms with Gasteiger partial charge in [-0.1, -0.05) is 0 Å². The molecule has 0 spiro atoms. The van der Waals surface area contributed by atoms with E-state index < -0.39 is 0 Å². The zero-order valence-electron chi connectivity index (χ0n) is 11.1. The van der Waals surface area contributed by atoms with Crippen LogP contribution in [0.2, 0.25) is 0 Å². The van der Waals surface area contributed by atoms with E-state index in [0.717, 1.165) is 24.2 Å². The monoisotopic (exact) mass is 244 g/mol. The van der Waals surface area contributed by atoms with Crippen LogP contribution < -0.4 is 10.6 Å². The molecule has 0 aromatic carbocycles. The zero-order valence-corrected chi connectivity index (χ0v) is 11.1. The minimum atomic E-state index is 0.301. The van der Waals surface area contributed by atoms with E-state index in [1.165, 1.54) is 6.42 Å². The molecule has 18 heavy (non-hydrogen) atoms. The normalized spacial score (nSPS) is 23.8. The summed E-state index contributed by atoms with van der Waals surface area (Å²) in [5, 5.41) is 9.33. The fourth-order valence-electron chi connectivity index (χ4n) is 2.78. The van der Waals surface area contributed by atoms with Crippen molar-refractivity contribution in [3.05, 3.63) is 23.4 Å². The van der Waals surface area contributed by atoms with Gasteiger partial charge in [0.2, 0.25) is 0 Å². The van der Waals surface area contributed by atoms with Crippen LogP contribution in [-0.2, 0) is 0 Å². The lowest BCUT2D eigenvalue weighted by molar-refractivity contribution is 0.397. The number of hydrogen-bond donors (Lipinski definition) is 1. The highest BCUT2D eigenvalue weighted by Crippen LogP contribution is 2.30. The van der Waals surface area contributed by atoms with Crippen LogP contribution in [0.4, 0.5) is 5.82 Å². The smallest absolute Gasteiger partial charge is 0.147 e. The summed E-state index contributed by atoms with van der Waals surface area (Å²) in [5.74, 6) is 0.806. The minimum absolute atomic E-state index is 0.301. The molecule has 2 heterocycles. The Morgan fingerprint density at radius 1 is 1.56 bits per heavy atom. The van der Waals surface area contributed by atoms with Crippen LogP contribution in [-0.4, -0.2) is 23.6 Å². The summed E-state index contributed by atoms with van der Waals surface area (Å²) in [5.41, 5.74) is 7.54. The van der Waals surface area contributed by atoms with Gasteiger partial charge < -0.3 is 10.6 Å². The molecule has 0 aliphatic carbocycles. The number of aryl methyl sites for hydroxylation is 1. The first-order valence-corrected chi connectivity index (χ1v) is 6.53. The molecule has 0 saturated carbocycles. The van der Waals surface area contributed by atoms with E-state index in [4.69, 9.17) is 5.73 Å². The van der Waals surface area contributed by atoms with Crippen LogP contribution in [0.3, 0.4) is 0 Å². The molecule has 1 saturated heterocycles. The maximum atomic E-state index is 9.33. The van der Waals surface area contributed by atoms with Crippen LogP contribution in [0.25, 0.3) is 0 Å². The molecule has 1 aromatic rings. The van der Waals surface area contributed by atoms with Crippen molar-refractivity contribution in [1.82, 2.24) is 4.98 Å². The Balaban J connectivity index is 2.45. The van der Waals surface area contributed by atoms with Crippen molar-refractivity contribution in [2.75, 3.05) is 11.4 Å². The van der Waals surface area contributed by atoms with E-state index >= 15 is 0 Å². The molecule has 2 rings (SSSR count). The van der Waals surface area contributed by atoms with E-state index in [2.05, 4.69) is 22.9 Å². The SMILES string of the molecule is Cc1ccnc(N2C(C)CCCC2CN)c1C#N. The quantitative estimate of drug-likeness (QED) is 0.863. The summed E-state index contributed by atoms with van der Waals surface area (Å²) >= 11 is 0. The third-order valence-electron chi connectivity index (χ3n) is 3.80. The van der Waals surface area contributed by atoms with Crippen molar-refractivity contribution in [3.63, 3.8) is 0 Å². The number of hydrogen-bond acceptors (Lipinski definition) is 4. The second kappa shape index (κ2) is 5.36. The lowest BCUT2D eigenvalue weighted by atomic mass is 9.95. The van der Waals surface area contributed by atoms with Crippen molar-refractivity contribution in [2.24, 2.45) is 5.73 Å². The number of pyridine rings is 1. The minimum Gasteiger partial charge on any atom is -0.349 e. The number of nitrogens with zero attached hydrogens (tertiary/aromatic N) is 3. The molecule has 0 radical (unpaired) electrons. The van der Waals surface area contributed by atoms with Crippen LogP contribution >= 0.6 is 0 Å². The molecule has 2 N–H and O–H groups in total. The molecule has 2 unspecified atom stereocenters. The second-order valence-electron chi connectivity index (χ2n) is 5.01. The maximum Gasteiger partial charge on any atom is 0.147 e. The van der Waals surface area contributed by atoms with Crippen molar-refractivity contribution >= 4 is 5.82 Å². The number of nitriles is 1. The Hall–Kier alpha value is -1.60. The molecule has 0 amide bonds. The standard InChI is InChI=1S/C14H20N4/c1-10-6-7-17-14(13(10)9-16)18-11(2)4-3-5-12(18)8-15/h6-7,11-12H,3-5,8,15H2,1-2H3.